The summed E-state index contributed by atoms with van der Waals surface area (Å²) in [6, 6.07) is 3.31. The maximum atomic E-state index is 13.5. The molecule has 1 aromatic carbocycles. The number of rotatable bonds is 3. The molecule has 0 radical (unpaired) electrons. The minimum absolute atomic E-state index is 0.220. The Hall–Kier alpha value is -1.58. The number of nitrogen functional groups attached to an aromatic ring is 1. The van der Waals surface area contributed by atoms with Crippen LogP contribution in [-0.2, 0) is 6.54 Å². The van der Waals surface area contributed by atoms with E-state index >= 15 is 0 Å². The molecule has 1 atom stereocenters. The highest BCUT2D eigenvalue weighted by atomic mass is 19.1. The Kier molecular flexibility index (Phi) is 2.54. The van der Waals surface area contributed by atoms with E-state index in [9.17, 15) is 4.39 Å². The molecule has 0 saturated heterocycles. The number of nitrogens with zero attached hydrogens (tertiary/aromatic N) is 2. The topological polar surface area (TPSA) is 43.8 Å². The number of benzene rings is 1. The molecule has 1 heterocycles. The summed E-state index contributed by atoms with van der Waals surface area (Å²) < 4.78 is 15.5. The average Bonchev–Trinajstić information content (AvgIpc) is 3.10. The minimum atomic E-state index is -0.220. The fraction of sp³-hybridized carbons (Fsp3) is 0.500. The predicted molar refractivity (Wildman–Crippen MR) is 70.7 cm³/mol. The van der Waals surface area contributed by atoms with Gasteiger partial charge in [0.05, 0.1) is 11.0 Å². The molecule has 0 spiro atoms. The lowest BCUT2D eigenvalue weighted by atomic mass is 10.1. The Morgan fingerprint density at radius 2 is 2.22 bits per heavy atom. The largest absolute Gasteiger partial charge is 0.369 e. The Morgan fingerprint density at radius 1 is 1.50 bits per heavy atom. The molecule has 1 aliphatic carbocycles. The quantitative estimate of drug-likeness (QED) is 0.905. The van der Waals surface area contributed by atoms with Crippen LogP contribution in [0.25, 0.3) is 11.0 Å². The number of nitrogens with two attached hydrogens (primary N) is 1. The summed E-state index contributed by atoms with van der Waals surface area (Å²) in [5.41, 5.74) is 8.19. The van der Waals surface area contributed by atoms with Crippen LogP contribution in [0.5, 0.6) is 0 Å². The number of imidazole rings is 1. The first-order valence-electron chi connectivity index (χ1n) is 6.48. The first-order valence-corrected chi connectivity index (χ1v) is 6.48. The van der Waals surface area contributed by atoms with Crippen molar-refractivity contribution in [3.8, 4) is 0 Å². The van der Waals surface area contributed by atoms with Crippen molar-refractivity contribution in [1.29, 1.82) is 0 Å². The Balaban J connectivity index is 2.04. The number of anilines is 1. The third-order valence-electron chi connectivity index (χ3n) is 3.96. The zero-order valence-corrected chi connectivity index (χ0v) is 10.8. The summed E-state index contributed by atoms with van der Waals surface area (Å²) in [5.74, 6) is 1.70. The number of aromatic nitrogens is 2. The molecule has 1 aliphatic rings. The third kappa shape index (κ3) is 1.85. The zero-order chi connectivity index (χ0) is 12.9. The smallest absolute Gasteiger partial charge is 0.201 e. The highest BCUT2D eigenvalue weighted by molar-refractivity contribution is 5.79. The van der Waals surface area contributed by atoms with Crippen LogP contribution >= 0.6 is 0 Å². The normalized spacial score (nSPS) is 17.3. The Labute approximate surface area is 106 Å². The van der Waals surface area contributed by atoms with Gasteiger partial charge in [-0.3, -0.25) is 0 Å². The maximum absolute atomic E-state index is 13.5. The molecule has 3 nitrogen and oxygen atoms in total. The summed E-state index contributed by atoms with van der Waals surface area (Å²) in [5, 5.41) is 0. The van der Waals surface area contributed by atoms with Crippen molar-refractivity contribution in [3.05, 3.63) is 23.5 Å². The number of fused-ring (bicyclic) bond motifs is 1. The molecule has 2 aromatic rings. The van der Waals surface area contributed by atoms with Crippen molar-refractivity contribution in [2.75, 3.05) is 5.73 Å². The molecular formula is C14H18FN3. The van der Waals surface area contributed by atoms with E-state index in [0.717, 1.165) is 18.0 Å². The van der Waals surface area contributed by atoms with Gasteiger partial charge in [0.25, 0.3) is 0 Å². The van der Waals surface area contributed by atoms with Crippen LogP contribution in [0.4, 0.5) is 10.3 Å². The van der Waals surface area contributed by atoms with Gasteiger partial charge >= 0.3 is 0 Å². The summed E-state index contributed by atoms with van der Waals surface area (Å²) in [7, 11) is 0. The molecule has 0 amide bonds. The highest BCUT2D eigenvalue weighted by Gasteiger charge is 2.28. The van der Waals surface area contributed by atoms with Crippen molar-refractivity contribution in [1.82, 2.24) is 9.55 Å². The van der Waals surface area contributed by atoms with Crippen LogP contribution in [0, 0.1) is 24.6 Å². The van der Waals surface area contributed by atoms with E-state index in [1.165, 1.54) is 18.9 Å². The van der Waals surface area contributed by atoms with E-state index in [4.69, 9.17) is 5.73 Å². The molecule has 1 saturated carbocycles. The molecule has 4 heteroatoms. The summed E-state index contributed by atoms with van der Waals surface area (Å²) in [6.45, 7) is 4.89. The van der Waals surface area contributed by atoms with Gasteiger partial charge in [-0.15, -0.1) is 0 Å². The lowest BCUT2D eigenvalue weighted by molar-refractivity contribution is 0.439. The third-order valence-corrected chi connectivity index (χ3v) is 3.96. The lowest BCUT2D eigenvalue weighted by Gasteiger charge is -2.13. The monoisotopic (exact) mass is 247 g/mol. The van der Waals surface area contributed by atoms with E-state index < -0.39 is 0 Å². The Morgan fingerprint density at radius 3 is 2.89 bits per heavy atom. The van der Waals surface area contributed by atoms with E-state index in [1.807, 2.05) is 10.6 Å². The number of aryl methyl sites for hydroxylation is 1. The molecular weight excluding hydrogens is 229 g/mol. The molecule has 18 heavy (non-hydrogen) atoms. The SMILES string of the molecule is Cc1cc2c(cc1F)nc(N)n2CC(C)C1CC1. The number of hydrogen-bond acceptors (Lipinski definition) is 2. The van der Waals surface area contributed by atoms with Gasteiger partial charge in [-0.1, -0.05) is 6.92 Å². The van der Waals surface area contributed by atoms with E-state index in [-0.39, 0.29) is 5.82 Å². The van der Waals surface area contributed by atoms with Gasteiger partial charge in [-0.25, -0.2) is 9.37 Å². The van der Waals surface area contributed by atoms with Crippen molar-refractivity contribution < 1.29 is 4.39 Å². The van der Waals surface area contributed by atoms with Crippen molar-refractivity contribution in [2.45, 2.75) is 33.2 Å². The summed E-state index contributed by atoms with van der Waals surface area (Å²) in [6.07, 6.45) is 2.64. The van der Waals surface area contributed by atoms with Gasteiger partial charge < -0.3 is 10.3 Å². The first-order chi connectivity index (χ1) is 8.56. The van der Waals surface area contributed by atoms with Gasteiger partial charge in [-0.2, -0.15) is 0 Å². The van der Waals surface area contributed by atoms with E-state index in [1.54, 1.807) is 6.92 Å². The predicted octanol–water partition coefficient (Wildman–Crippen LogP) is 3.11. The second-order valence-corrected chi connectivity index (χ2v) is 5.49. The average molecular weight is 247 g/mol. The second kappa shape index (κ2) is 3.97. The maximum Gasteiger partial charge on any atom is 0.201 e. The van der Waals surface area contributed by atoms with Crippen LogP contribution in [-0.4, -0.2) is 9.55 Å². The zero-order valence-electron chi connectivity index (χ0n) is 10.8. The fourth-order valence-corrected chi connectivity index (χ4v) is 2.56. The van der Waals surface area contributed by atoms with Crippen molar-refractivity contribution in [2.24, 2.45) is 11.8 Å². The molecule has 0 bridgehead atoms. The van der Waals surface area contributed by atoms with Gasteiger partial charge in [-0.05, 0) is 43.2 Å². The van der Waals surface area contributed by atoms with Crippen LogP contribution in [0.2, 0.25) is 0 Å². The van der Waals surface area contributed by atoms with E-state index in [0.29, 0.717) is 22.9 Å². The van der Waals surface area contributed by atoms with Crippen LogP contribution in [0.3, 0.4) is 0 Å². The molecule has 1 unspecified atom stereocenters. The van der Waals surface area contributed by atoms with Crippen LogP contribution in [0.1, 0.15) is 25.3 Å². The van der Waals surface area contributed by atoms with E-state index in [2.05, 4.69) is 11.9 Å². The van der Waals surface area contributed by atoms with Gasteiger partial charge in [0.15, 0.2) is 0 Å². The second-order valence-electron chi connectivity index (χ2n) is 5.49. The standard InChI is InChI=1S/C14H18FN3/c1-8-5-13-12(6-11(8)15)17-14(16)18(13)7-9(2)10-3-4-10/h5-6,9-10H,3-4,7H2,1-2H3,(H2,16,17). The fourth-order valence-electron chi connectivity index (χ4n) is 2.56. The summed E-state index contributed by atoms with van der Waals surface area (Å²) in [4.78, 5) is 4.25. The van der Waals surface area contributed by atoms with Crippen molar-refractivity contribution >= 4 is 17.0 Å². The number of halogens is 1. The molecule has 1 aromatic heterocycles. The molecule has 96 valence electrons. The van der Waals surface area contributed by atoms with Gasteiger partial charge in [0.2, 0.25) is 5.95 Å². The lowest BCUT2D eigenvalue weighted by Crippen LogP contribution is -2.11. The number of hydrogen-bond donors (Lipinski definition) is 1. The first kappa shape index (κ1) is 11.5. The minimum Gasteiger partial charge on any atom is -0.369 e. The van der Waals surface area contributed by atoms with Crippen LogP contribution in [0.15, 0.2) is 12.1 Å². The Bertz CT molecular complexity index is 599. The summed E-state index contributed by atoms with van der Waals surface area (Å²) >= 11 is 0. The molecule has 1 fully saturated rings. The molecule has 0 aliphatic heterocycles. The van der Waals surface area contributed by atoms with Crippen molar-refractivity contribution in [3.63, 3.8) is 0 Å². The van der Waals surface area contributed by atoms with Gasteiger partial charge in [0.1, 0.15) is 5.82 Å². The molecule has 3 rings (SSSR count). The highest BCUT2D eigenvalue weighted by Crippen LogP contribution is 2.38. The van der Waals surface area contributed by atoms with Gasteiger partial charge in [0, 0.05) is 12.6 Å². The molecule has 2 N–H and O–H groups in total. The van der Waals surface area contributed by atoms with Crippen LogP contribution < -0.4 is 5.73 Å².